The fraction of sp³-hybridized carbons (Fsp3) is 0.0500. The van der Waals surface area contributed by atoms with E-state index in [2.05, 4.69) is 15.6 Å². The van der Waals surface area contributed by atoms with Gasteiger partial charge >= 0.3 is 6.03 Å². The van der Waals surface area contributed by atoms with Crippen LogP contribution in [-0.4, -0.2) is 12.2 Å². The van der Waals surface area contributed by atoms with Crippen molar-refractivity contribution in [2.24, 2.45) is 4.99 Å². The second kappa shape index (κ2) is 9.78. The standard InChI is InChI=1S/C20H14N6O/c21-10-15-6-8-17(9-7-15)13-24-18(11-22)19(12-23)26-20(27)25-14-16-4-2-1-3-5-16/h1-9,13H,14H2,(H2,25,26,27)/b19-18-,24-13?. The first-order chi connectivity index (χ1) is 13.2. The van der Waals surface area contributed by atoms with Crippen molar-refractivity contribution in [1.29, 1.82) is 15.8 Å². The number of nitriles is 3. The minimum Gasteiger partial charge on any atom is -0.334 e. The Bertz CT molecular complexity index is 986. The van der Waals surface area contributed by atoms with Crippen LogP contribution in [0.4, 0.5) is 4.79 Å². The molecule has 130 valence electrons. The van der Waals surface area contributed by atoms with E-state index in [1.54, 1.807) is 36.4 Å². The molecule has 27 heavy (non-hydrogen) atoms. The molecule has 0 unspecified atom stereocenters. The van der Waals surface area contributed by atoms with E-state index >= 15 is 0 Å². The Morgan fingerprint density at radius 3 is 2.30 bits per heavy atom. The molecule has 0 heterocycles. The average molecular weight is 354 g/mol. The van der Waals surface area contributed by atoms with E-state index in [4.69, 9.17) is 5.26 Å². The molecule has 0 aliphatic heterocycles. The molecule has 2 aromatic carbocycles. The molecule has 0 spiro atoms. The molecule has 0 saturated heterocycles. The third kappa shape index (κ3) is 5.86. The van der Waals surface area contributed by atoms with Crippen LogP contribution in [0.1, 0.15) is 16.7 Å². The van der Waals surface area contributed by atoms with Crippen LogP contribution in [0.3, 0.4) is 0 Å². The maximum atomic E-state index is 12.0. The zero-order chi connectivity index (χ0) is 19.5. The molecule has 0 aromatic heterocycles. The molecule has 0 bridgehead atoms. The summed E-state index contributed by atoms with van der Waals surface area (Å²) in [6.45, 7) is 0.280. The number of hydrogen-bond acceptors (Lipinski definition) is 5. The van der Waals surface area contributed by atoms with Crippen LogP contribution in [0, 0.1) is 34.0 Å². The monoisotopic (exact) mass is 354 g/mol. The van der Waals surface area contributed by atoms with Gasteiger partial charge in [0.05, 0.1) is 11.6 Å². The Morgan fingerprint density at radius 2 is 1.70 bits per heavy atom. The smallest absolute Gasteiger partial charge is 0.320 e. The summed E-state index contributed by atoms with van der Waals surface area (Å²) in [6, 6.07) is 20.7. The largest absolute Gasteiger partial charge is 0.334 e. The summed E-state index contributed by atoms with van der Waals surface area (Å²) < 4.78 is 0. The normalized spacial score (nSPS) is 10.9. The van der Waals surface area contributed by atoms with Crippen molar-refractivity contribution in [3.8, 4) is 18.2 Å². The minimum absolute atomic E-state index is 0.225. The van der Waals surface area contributed by atoms with Crippen LogP contribution in [0.2, 0.25) is 0 Å². The zero-order valence-corrected chi connectivity index (χ0v) is 14.2. The number of carbonyl (C=O) groups is 1. The molecule has 0 radical (unpaired) electrons. The first-order valence-corrected chi connectivity index (χ1v) is 7.83. The topological polar surface area (TPSA) is 125 Å². The second-order valence-corrected chi connectivity index (χ2v) is 5.23. The van der Waals surface area contributed by atoms with Crippen LogP contribution in [0.5, 0.6) is 0 Å². The summed E-state index contributed by atoms with van der Waals surface area (Å²) >= 11 is 0. The molecule has 0 aliphatic carbocycles. The number of hydrogen-bond donors (Lipinski definition) is 2. The van der Waals surface area contributed by atoms with Crippen LogP contribution < -0.4 is 10.6 Å². The van der Waals surface area contributed by atoms with Gasteiger partial charge in [-0.1, -0.05) is 42.5 Å². The molecule has 7 nitrogen and oxygen atoms in total. The molecular weight excluding hydrogens is 340 g/mol. The molecule has 0 fully saturated rings. The van der Waals surface area contributed by atoms with Gasteiger partial charge in [0.25, 0.3) is 0 Å². The highest BCUT2D eigenvalue weighted by Gasteiger charge is 2.09. The van der Waals surface area contributed by atoms with Crippen molar-refractivity contribution in [3.05, 3.63) is 82.7 Å². The second-order valence-electron chi connectivity index (χ2n) is 5.23. The van der Waals surface area contributed by atoms with E-state index in [-0.39, 0.29) is 17.9 Å². The lowest BCUT2D eigenvalue weighted by atomic mass is 10.2. The molecule has 0 saturated carbocycles. The molecule has 0 aliphatic rings. The summed E-state index contributed by atoms with van der Waals surface area (Å²) in [5, 5.41) is 32.1. The van der Waals surface area contributed by atoms with E-state index in [9.17, 15) is 15.3 Å². The van der Waals surface area contributed by atoms with Crippen LogP contribution in [-0.2, 0) is 6.54 Å². The number of carbonyl (C=O) groups excluding carboxylic acids is 1. The van der Waals surface area contributed by atoms with Gasteiger partial charge in [0.1, 0.15) is 12.1 Å². The Balaban J connectivity index is 2.06. The number of benzene rings is 2. The lowest BCUT2D eigenvalue weighted by Crippen LogP contribution is -2.34. The van der Waals surface area contributed by atoms with Crippen molar-refractivity contribution in [1.82, 2.24) is 10.6 Å². The molecule has 7 heteroatoms. The molecular formula is C20H14N6O. The molecule has 2 rings (SSSR count). The van der Waals surface area contributed by atoms with E-state index in [1.165, 1.54) is 6.21 Å². The van der Waals surface area contributed by atoms with Gasteiger partial charge < -0.3 is 5.32 Å². The Labute approximate surface area is 156 Å². The van der Waals surface area contributed by atoms with Crippen LogP contribution >= 0.6 is 0 Å². The molecule has 2 aromatic rings. The average Bonchev–Trinajstić information content (AvgIpc) is 2.72. The number of amides is 2. The third-order valence-corrected chi connectivity index (χ3v) is 3.37. The van der Waals surface area contributed by atoms with E-state index in [1.807, 2.05) is 36.4 Å². The van der Waals surface area contributed by atoms with E-state index in [0.29, 0.717) is 11.1 Å². The number of aliphatic imine (C=N–C) groups is 1. The minimum atomic E-state index is -0.614. The molecule has 0 atom stereocenters. The quantitative estimate of drug-likeness (QED) is 0.632. The van der Waals surface area contributed by atoms with E-state index in [0.717, 1.165) is 5.56 Å². The summed E-state index contributed by atoms with van der Waals surface area (Å²) in [5.41, 5.74) is 1.56. The van der Waals surface area contributed by atoms with E-state index < -0.39 is 6.03 Å². The highest BCUT2D eigenvalue weighted by atomic mass is 16.2. The number of rotatable bonds is 5. The Hall–Kier alpha value is -4.41. The highest BCUT2D eigenvalue weighted by molar-refractivity contribution is 5.82. The maximum absolute atomic E-state index is 12.0. The van der Waals surface area contributed by atoms with Crippen molar-refractivity contribution in [2.45, 2.75) is 6.54 Å². The summed E-state index contributed by atoms with van der Waals surface area (Å²) in [7, 11) is 0. The van der Waals surface area contributed by atoms with Crippen LogP contribution in [0.15, 0.2) is 71.0 Å². The Kier molecular flexibility index (Phi) is 6.86. The third-order valence-electron chi connectivity index (χ3n) is 3.37. The predicted molar refractivity (Wildman–Crippen MR) is 98.8 cm³/mol. The first-order valence-electron chi connectivity index (χ1n) is 7.83. The van der Waals surface area contributed by atoms with Crippen molar-refractivity contribution in [3.63, 3.8) is 0 Å². The van der Waals surface area contributed by atoms with Gasteiger partial charge in [0, 0.05) is 12.8 Å². The van der Waals surface area contributed by atoms with Gasteiger partial charge in [-0.3, -0.25) is 5.32 Å². The van der Waals surface area contributed by atoms with Gasteiger partial charge in [0.2, 0.25) is 0 Å². The van der Waals surface area contributed by atoms with Gasteiger partial charge in [-0.05, 0) is 23.3 Å². The highest BCUT2D eigenvalue weighted by Crippen LogP contribution is 2.05. The van der Waals surface area contributed by atoms with Crippen molar-refractivity contribution in [2.75, 3.05) is 0 Å². The number of nitrogens with zero attached hydrogens (tertiary/aromatic N) is 4. The maximum Gasteiger partial charge on any atom is 0.320 e. The van der Waals surface area contributed by atoms with Crippen molar-refractivity contribution >= 4 is 12.2 Å². The first kappa shape index (κ1) is 18.9. The van der Waals surface area contributed by atoms with Crippen molar-refractivity contribution < 1.29 is 4.79 Å². The number of urea groups is 1. The van der Waals surface area contributed by atoms with Gasteiger partial charge in [-0.15, -0.1) is 0 Å². The molecule has 2 amide bonds. The lowest BCUT2D eigenvalue weighted by Gasteiger charge is -2.07. The SMILES string of the molecule is N#C/C(N=Cc1ccc(C#N)cc1)=C(\C#N)NC(=O)NCc1ccccc1. The molecule has 2 N–H and O–H groups in total. The zero-order valence-electron chi connectivity index (χ0n) is 14.2. The van der Waals surface area contributed by atoms with Gasteiger partial charge in [0.15, 0.2) is 11.4 Å². The Morgan fingerprint density at radius 1 is 1.00 bits per heavy atom. The summed E-state index contributed by atoms with van der Waals surface area (Å²) in [6.07, 6.45) is 1.38. The summed E-state index contributed by atoms with van der Waals surface area (Å²) in [5.74, 6) is 0. The number of allylic oxidation sites excluding steroid dienone is 2. The number of nitrogens with one attached hydrogen (secondary N) is 2. The summed E-state index contributed by atoms with van der Waals surface area (Å²) in [4.78, 5) is 15.9. The predicted octanol–water partition coefficient (Wildman–Crippen LogP) is 2.74. The fourth-order valence-corrected chi connectivity index (χ4v) is 2.01. The van der Waals surface area contributed by atoms with Crippen LogP contribution in [0.25, 0.3) is 0 Å². The van der Waals surface area contributed by atoms with Gasteiger partial charge in [-0.25, -0.2) is 9.79 Å². The lowest BCUT2D eigenvalue weighted by molar-refractivity contribution is 0.243. The fourth-order valence-electron chi connectivity index (χ4n) is 2.01. The van der Waals surface area contributed by atoms with Gasteiger partial charge in [-0.2, -0.15) is 15.8 Å².